The van der Waals surface area contributed by atoms with Crippen molar-refractivity contribution in [2.24, 2.45) is 0 Å². The van der Waals surface area contributed by atoms with Crippen molar-refractivity contribution < 1.29 is 0 Å². The Balaban J connectivity index is 0.899. The number of aromatic nitrogens is 2. The Kier molecular flexibility index (Phi) is 26.1. The van der Waals surface area contributed by atoms with Gasteiger partial charge in [0, 0.05) is 67.0 Å². The average Bonchev–Trinajstić information content (AvgIpc) is 0.932. The van der Waals surface area contributed by atoms with E-state index in [-0.39, 0.29) is 6.71 Å². The minimum atomic E-state index is -0.215. The monoisotopic (exact) mass is 1840 g/mol. The first-order valence-electron chi connectivity index (χ1n) is 53.2. The van der Waals surface area contributed by atoms with Gasteiger partial charge in [0.15, 0.2) is 0 Å². The first-order valence-corrected chi connectivity index (χ1v) is 53.2. The fourth-order valence-corrected chi connectivity index (χ4v) is 23.6. The molecule has 5 heteroatoms. The number of hydrogen-bond acceptors (Lipinski definition) is 2. The Morgan fingerprint density at radius 1 is 0.171 bits per heavy atom. The highest BCUT2D eigenvalue weighted by atomic mass is 15.2. The minimum absolute atomic E-state index is 0.215. The highest BCUT2D eigenvalue weighted by Crippen LogP contribution is 2.54. The van der Waals surface area contributed by atoms with E-state index < -0.39 is 0 Å². The Morgan fingerprint density at radius 2 is 0.393 bits per heavy atom. The highest BCUT2D eigenvalue weighted by molar-refractivity contribution is 7.00. The third-order valence-corrected chi connectivity index (χ3v) is 31.4. The second-order valence-corrected chi connectivity index (χ2v) is 46.1. The van der Waals surface area contributed by atoms with Gasteiger partial charge in [-0.1, -0.05) is 365 Å². The van der Waals surface area contributed by atoms with Gasteiger partial charge in [-0.2, -0.15) is 0 Å². The molecule has 0 spiro atoms. The van der Waals surface area contributed by atoms with E-state index in [0.29, 0.717) is 88.8 Å². The van der Waals surface area contributed by atoms with E-state index in [0.717, 1.165) is 56.6 Å². The normalized spacial score (nSPS) is 13.0. The summed E-state index contributed by atoms with van der Waals surface area (Å²) in [5.74, 6) is 5.18. The maximum absolute atomic E-state index is 2.64. The molecule has 0 N–H and O–H groups in total. The van der Waals surface area contributed by atoms with Crippen LogP contribution in [0, 0.1) is 0 Å². The molecule has 0 aliphatic carbocycles. The molecule has 712 valence electrons. The van der Waals surface area contributed by atoms with Crippen LogP contribution in [-0.4, -0.2) is 15.8 Å². The second kappa shape index (κ2) is 37.9. The van der Waals surface area contributed by atoms with Gasteiger partial charge in [0.05, 0.1) is 22.1 Å². The maximum Gasteiger partial charge on any atom is 0.252 e. The van der Waals surface area contributed by atoms with Gasteiger partial charge in [-0.3, -0.25) is 0 Å². The average molecular weight is 1840 g/mol. The summed E-state index contributed by atoms with van der Waals surface area (Å²) in [5.41, 5.74) is 54.3. The molecule has 17 aromatic rings. The predicted molar refractivity (Wildman–Crippen MR) is 613 cm³/mol. The van der Waals surface area contributed by atoms with Crippen LogP contribution >= 0.6 is 0 Å². The van der Waals surface area contributed by atoms with Gasteiger partial charge >= 0.3 is 0 Å². The SMILES string of the molecule is CC(C)c1cc(C(C)C)c(-c2ccc(-c3cc4c5c(c3)N(c3ccccc3)c3cc(-n6c7ccc(-c8c(C(C)C)cc(C(C)C)cc8C(C)C)cc7c7cc(-c8c(C(C)C)cc(C(C)C)cc8C(C)C)ccc76)ccc3B5c3ccc(-n5c6ccc(-c7c(C(C)C)cc(C(C)C)cc7C(C)C)cc6c6cc(-c7c(C(C)C)cc(C(C)C)cc7C(C)C)ccc65)cc3N4c3ccccc3)cc2)c(C(C)C)c1. The lowest BCUT2D eigenvalue weighted by atomic mass is 9.33. The van der Waals surface area contributed by atoms with Crippen molar-refractivity contribution in [3.05, 3.63) is 350 Å². The van der Waals surface area contributed by atoms with Gasteiger partial charge < -0.3 is 18.9 Å². The Hall–Kier alpha value is -12.4. The lowest BCUT2D eigenvalue weighted by Crippen LogP contribution is -2.61. The number of fused-ring (bicyclic) bond motifs is 10. The molecule has 0 amide bonds. The van der Waals surface area contributed by atoms with Gasteiger partial charge in [-0.05, 0) is 365 Å². The van der Waals surface area contributed by atoms with E-state index in [9.17, 15) is 0 Å². The van der Waals surface area contributed by atoms with Crippen LogP contribution in [0.25, 0.3) is 122 Å². The standard InChI is InChI=1S/C135H149BN4/c1-75(2)96-61-106(80(11)12)130(107(62-96)81(13)14)91-43-41-90(42-44-91)101-71-128-135-129(72-101)138(103-39-35-32-36-40-103)127-74-105(140-124-55-47-94(133-112(86(23)24)67-99(78(7)8)68-113(133)87(25)26)59-118(124)119-60-95(48-56-125(119)140)134-114(88(27)28)69-100(79(9)10)70-115(134)89(29)30)50-52-121(127)136(135)120-51-49-104(73-126(120)137(128)102-37-33-31-34-38-102)139-122-53-45-92(131-108(82(15)16)63-97(76(3)4)64-109(131)83(17)18)57-116(122)117-58-93(46-54-123(117)139)132-110(84(19)20)65-98(77(5)6)66-111(132)85(21)22/h31-89H,1-30H3. The summed E-state index contributed by atoms with van der Waals surface area (Å²) in [5, 5.41) is 5.00. The molecule has 140 heavy (non-hydrogen) atoms. The van der Waals surface area contributed by atoms with E-state index in [2.05, 4.69) is 494 Å². The summed E-state index contributed by atoms with van der Waals surface area (Å²) in [6.07, 6.45) is 0. The third kappa shape index (κ3) is 16.9. The van der Waals surface area contributed by atoms with Crippen LogP contribution < -0.4 is 26.2 Å². The molecule has 15 aromatic carbocycles. The molecule has 2 aliphatic heterocycles. The van der Waals surface area contributed by atoms with Crippen LogP contribution in [0.5, 0.6) is 0 Å². The zero-order chi connectivity index (χ0) is 99.2. The molecule has 2 aromatic heterocycles. The molecule has 0 bridgehead atoms. The molecule has 0 unspecified atom stereocenters. The van der Waals surface area contributed by atoms with Crippen LogP contribution in [0.1, 0.15) is 380 Å². The first-order chi connectivity index (χ1) is 66.8. The van der Waals surface area contributed by atoms with E-state index in [1.807, 2.05) is 0 Å². The summed E-state index contributed by atoms with van der Waals surface area (Å²) in [4.78, 5) is 5.28. The van der Waals surface area contributed by atoms with Crippen molar-refractivity contribution >= 4 is 101 Å². The van der Waals surface area contributed by atoms with Gasteiger partial charge in [0.25, 0.3) is 6.71 Å². The zero-order valence-corrected chi connectivity index (χ0v) is 89.4. The Morgan fingerprint density at radius 3 is 0.621 bits per heavy atom. The third-order valence-electron chi connectivity index (χ3n) is 31.4. The number of benzene rings is 15. The summed E-state index contributed by atoms with van der Waals surface area (Å²) >= 11 is 0. The summed E-state index contributed by atoms with van der Waals surface area (Å²) in [7, 11) is 0. The summed E-state index contributed by atoms with van der Waals surface area (Å²) in [6.45, 7) is 71.0. The van der Waals surface area contributed by atoms with Gasteiger partial charge in [-0.25, -0.2) is 0 Å². The van der Waals surface area contributed by atoms with Crippen LogP contribution in [-0.2, 0) is 0 Å². The fraction of sp³-hybridized carbons (Fsp3) is 0.333. The van der Waals surface area contributed by atoms with Gasteiger partial charge in [0.2, 0.25) is 0 Å². The van der Waals surface area contributed by atoms with E-state index in [4.69, 9.17) is 0 Å². The number of anilines is 6. The van der Waals surface area contributed by atoms with E-state index >= 15 is 0 Å². The number of para-hydroxylation sites is 2. The van der Waals surface area contributed by atoms with Crippen molar-refractivity contribution in [2.45, 2.75) is 296 Å². The van der Waals surface area contributed by atoms with Gasteiger partial charge in [0.1, 0.15) is 0 Å². The van der Waals surface area contributed by atoms with Crippen molar-refractivity contribution in [1.82, 2.24) is 9.13 Å². The number of rotatable bonds is 25. The molecule has 0 saturated heterocycles. The molecular formula is C135H149BN4. The molecule has 19 rings (SSSR count). The zero-order valence-electron chi connectivity index (χ0n) is 89.4. The first kappa shape index (κ1) is 96.4. The van der Waals surface area contributed by atoms with E-state index in [1.54, 1.807) is 0 Å². The lowest BCUT2D eigenvalue weighted by molar-refractivity contribution is 0.807. The predicted octanol–water partition coefficient (Wildman–Crippen LogP) is 38.8. The maximum atomic E-state index is 2.64. The molecule has 0 radical (unpaired) electrons. The second-order valence-electron chi connectivity index (χ2n) is 46.1. The molecular weight excluding hydrogens is 1690 g/mol. The van der Waals surface area contributed by atoms with Crippen LogP contribution in [0.3, 0.4) is 0 Å². The number of nitrogens with zero attached hydrogens (tertiary/aromatic N) is 4. The molecule has 0 fully saturated rings. The van der Waals surface area contributed by atoms with Crippen molar-refractivity contribution in [3.8, 4) is 78.1 Å². The van der Waals surface area contributed by atoms with Crippen LogP contribution in [0.15, 0.2) is 267 Å². The lowest BCUT2D eigenvalue weighted by Gasteiger charge is -2.44. The smallest absolute Gasteiger partial charge is 0.252 e. The summed E-state index contributed by atoms with van der Waals surface area (Å²) < 4.78 is 5.24. The van der Waals surface area contributed by atoms with Crippen LogP contribution in [0.2, 0.25) is 0 Å². The summed E-state index contributed by atoms with van der Waals surface area (Å²) in [6, 6.07) is 108. The molecule has 2 aliphatic rings. The van der Waals surface area contributed by atoms with E-state index in [1.165, 1.54) is 199 Å². The fourth-order valence-electron chi connectivity index (χ4n) is 23.6. The van der Waals surface area contributed by atoms with Crippen LogP contribution in [0.4, 0.5) is 34.1 Å². The Labute approximate surface area is 838 Å². The Bertz CT molecular complexity index is 6850. The van der Waals surface area contributed by atoms with Gasteiger partial charge in [-0.15, -0.1) is 0 Å². The quantitative estimate of drug-likeness (QED) is 0.0530. The molecule has 4 nitrogen and oxygen atoms in total. The minimum Gasteiger partial charge on any atom is -0.311 e. The largest absolute Gasteiger partial charge is 0.311 e. The van der Waals surface area contributed by atoms with Crippen molar-refractivity contribution in [2.75, 3.05) is 9.80 Å². The molecule has 0 saturated carbocycles. The van der Waals surface area contributed by atoms with Crippen molar-refractivity contribution in [3.63, 3.8) is 0 Å². The number of hydrogen-bond donors (Lipinski definition) is 0. The molecule has 4 heterocycles. The topological polar surface area (TPSA) is 16.3 Å². The highest BCUT2D eigenvalue weighted by Gasteiger charge is 2.45. The van der Waals surface area contributed by atoms with Crippen molar-refractivity contribution in [1.29, 1.82) is 0 Å². The molecule has 0 atom stereocenters.